The zero-order valence-electron chi connectivity index (χ0n) is 7.64. The summed E-state index contributed by atoms with van der Waals surface area (Å²) in [4.78, 5) is 4.58. The number of pyridine rings is 1. The second kappa shape index (κ2) is 4.06. The molecule has 1 heterocycles. The van der Waals surface area contributed by atoms with E-state index in [0.717, 1.165) is 11.0 Å². The summed E-state index contributed by atoms with van der Waals surface area (Å²) in [5.74, 6) is 0. The number of benzene rings is 2. The normalized spacial score (nSPS) is 10.1. The van der Waals surface area contributed by atoms with E-state index >= 15 is 0 Å². The molecule has 15 heavy (non-hydrogen) atoms. The minimum Gasteiger partial charge on any atom is -0.248 e. The summed E-state index contributed by atoms with van der Waals surface area (Å²) in [7, 11) is 0. The van der Waals surface area contributed by atoms with E-state index in [0.29, 0.717) is 0 Å². The number of fused-ring (bicyclic) bond motifs is 2. The fourth-order valence-electron chi connectivity index (χ4n) is 1.72. The summed E-state index contributed by atoms with van der Waals surface area (Å²) >= 11 is 0. The van der Waals surface area contributed by atoms with Crippen LogP contribution in [-0.2, 0) is 0 Å². The molecule has 68 valence electrons. The van der Waals surface area contributed by atoms with E-state index in [1.807, 2.05) is 36.4 Å². The van der Waals surface area contributed by atoms with Crippen molar-refractivity contribution >= 4 is 40.7 Å². The van der Waals surface area contributed by atoms with Crippen LogP contribution in [0.4, 0.5) is 0 Å². The van der Waals surface area contributed by atoms with E-state index in [1.54, 1.807) is 0 Å². The molecule has 3 aromatic rings. The van der Waals surface area contributed by atoms with E-state index in [2.05, 4.69) is 23.2 Å². The average Bonchev–Trinajstić information content (AvgIpc) is 2.26. The first-order chi connectivity index (χ1) is 6.93. The molecule has 0 aliphatic carbocycles. The van der Waals surface area contributed by atoms with Gasteiger partial charge in [0.2, 0.25) is 0 Å². The molecule has 3 rings (SSSR count). The van der Waals surface area contributed by atoms with Crippen LogP contribution < -0.4 is 0 Å². The smallest absolute Gasteiger partial charge is 0.0709 e. The van der Waals surface area contributed by atoms with E-state index in [4.69, 9.17) is 0 Å². The SMILES string of the molecule is [LiH].c1ccc2nc3ccccc3cc2c1. The molecule has 0 N–H and O–H groups in total. The summed E-state index contributed by atoms with van der Waals surface area (Å²) in [6, 6.07) is 18.6. The third-order valence-electron chi connectivity index (χ3n) is 2.43. The van der Waals surface area contributed by atoms with E-state index < -0.39 is 0 Å². The first kappa shape index (κ1) is 10.2. The molecule has 1 aromatic heterocycles. The predicted octanol–water partition coefficient (Wildman–Crippen LogP) is 2.74. The second-order valence-corrected chi connectivity index (χ2v) is 3.37. The van der Waals surface area contributed by atoms with Crippen LogP contribution in [0.15, 0.2) is 54.6 Å². The third-order valence-corrected chi connectivity index (χ3v) is 2.43. The molecule has 2 aromatic carbocycles. The van der Waals surface area contributed by atoms with E-state index in [1.165, 1.54) is 10.8 Å². The van der Waals surface area contributed by atoms with Gasteiger partial charge in [0.1, 0.15) is 0 Å². The van der Waals surface area contributed by atoms with Crippen molar-refractivity contribution in [3.63, 3.8) is 0 Å². The Kier molecular flexibility index (Phi) is 2.77. The van der Waals surface area contributed by atoms with Crippen molar-refractivity contribution in [3.8, 4) is 0 Å². The summed E-state index contributed by atoms with van der Waals surface area (Å²) in [6.07, 6.45) is 0. The van der Waals surface area contributed by atoms with Crippen LogP contribution in [0.1, 0.15) is 0 Å². The first-order valence-corrected chi connectivity index (χ1v) is 4.68. The number of para-hydroxylation sites is 2. The molecular weight excluding hydrogens is 177 g/mol. The zero-order chi connectivity index (χ0) is 9.38. The number of hydrogen-bond acceptors (Lipinski definition) is 1. The molecular formula is C13H10LiN. The molecule has 0 aliphatic heterocycles. The summed E-state index contributed by atoms with van der Waals surface area (Å²) < 4.78 is 0. The number of hydrogen-bond donors (Lipinski definition) is 0. The molecule has 0 atom stereocenters. The van der Waals surface area contributed by atoms with Crippen molar-refractivity contribution in [1.29, 1.82) is 0 Å². The second-order valence-electron chi connectivity index (χ2n) is 3.37. The predicted molar refractivity (Wildman–Crippen MR) is 66.4 cm³/mol. The fraction of sp³-hybridized carbons (Fsp3) is 0. The molecule has 0 fully saturated rings. The Balaban J connectivity index is 0.000000853. The van der Waals surface area contributed by atoms with Crippen LogP contribution in [0.25, 0.3) is 21.8 Å². The minimum atomic E-state index is 0. The standard InChI is InChI=1S/C13H9N.Li.H/c1-3-7-12-10(5-1)9-11-6-2-4-8-13(11)14-12;;/h1-9H;;. The van der Waals surface area contributed by atoms with Crippen LogP contribution in [-0.4, -0.2) is 23.8 Å². The van der Waals surface area contributed by atoms with Gasteiger partial charge in [-0.3, -0.25) is 0 Å². The van der Waals surface area contributed by atoms with Gasteiger partial charge in [-0.15, -0.1) is 0 Å². The Labute approximate surface area is 100 Å². The Morgan fingerprint density at radius 3 is 1.67 bits per heavy atom. The maximum absolute atomic E-state index is 4.58. The van der Waals surface area contributed by atoms with Crippen LogP contribution in [0.2, 0.25) is 0 Å². The Hall–Kier alpha value is -1.29. The van der Waals surface area contributed by atoms with E-state index in [-0.39, 0.29) is 18.9 Å². The molecule has 0 unspecified atom stereocenters. The van der Waals surface area contributed by atoms with Gasteiger partial charge in [0.15, 0.2) is 0 Å². The van der Waals surface area contributed by atoms with Crippen LogP contribution in [0.5, 0.6) is 0 Å². The summed E-state index contributed by atoms with van der Waals surface area (Å²) in [5, 5.41) is 2.40. The van der Waals surface area contributed by atoms with Crippen LogP contribution >= 0.6 is 0 Å². The Morgan fingerprint density at radius 1 is 0.667 bits per heavy atom. The Bertz CT molecular complexity index is 499. The van der Waals surface area contributed by atoms with Crippen molar-refractivity contribution in [2.75, 3.05) is 0 Å². The topological polar surface area (TPSA) is 12.9 Å². The van der Waals surface area contributed by atoms with Gasteiger partial charge in [-0.25, -0.2) is 4.98 Å². The van der Waals surface area contributed by atoms with Gasteiger partial charge >= 0.3 is 18.9 Å². The quantitative estimate of drug-likeness (QED) is 0.389. The van der Waals surface area contributed by atoms with E-state index in [9.17, 15) is 0 Å². The van der Waals surface area contributed by atoms with Gasteiger partial charge in [0.05, 0.1) is 11.0 Å². The molecule has 0 radical (unpaired) electrons. The maximum atomic E-state index is 4.58. The number of nitrogens with zero attached hydrogens (tertiary/aromatic N) is 1. The monoisotopic (exact) mass is 187 g/mol. The largest absolute Gasteiger partial charge is 0.248 e. The van der Waals surface area contributed by atoms with Crippen LogP contribution in [0.3, 0.4) is 0 Å². The summed E-state index contributed by atoms with van der Waals surface area (Å²) in [5.41, 5.74) is 2.12. The van der Waals surface area contributed by atoms with Gasteiger partial charge < -0.3 is 0 Å². The first-order valence-electron chi connectivity index (χ1n) is 4.68. The van der Waals surface area contributed by atoms with Gasteiger partial charge in [-0.05, 0) is 18.2 Å². The minimum absolute atomic E-state index is 0. The van der Waals surface area contributed by atoms with Crippen molar-refractivity contribution in [1.82, 2.24) is 4.98 Å². The third kappa shape index (κ3) is 1.77. The van der Waals surface area contributed by atoms with Gasteiger partial charge in [-0.2, -0.15) is 0 Å². The van der Waals surface area contributed by atoms with Gasteiger partial charge in [0.25, 0.3) is 0 Å². The van der Waals surface area contributed by atoms with Crippen LogP contribution in [0, 0.1) is 0 Å². The molecule has 0 bridgehead atoms. The molecule has 0 amide bonds. The van der Waals surface area contributed by atoms with Crippen molar-refractivity contribution in [3.05, 3.63) is 54.6 Å². The maximum Gasteiger partial charge on any atom is 0.0709 e. The zero-order valence-corrected chi connectivity index (χ0v) is 7.64. The molecule has 0 spiro atoms. The summed E-state index contributed by atoms with van der Waals surface area (Å²) in [6.45, 7) is 0. The molecule has 2 heteroatoms. The molecule has 0 saturated heterocycles. The van der Waals surface area contributed by atoms with Gasteiger partial charge in [-0.1, -0.05) is 36.4 Å². The Morgan fingerprint density at radius 2 is 1.13 bits per heavy atom. The van der Waals surface area contributed by atoms with Crippen molar-refractivity contribution < 1.29 is 0 Å². The molecule has 1 nitrogen and oxygen atoms in total. The number of aromatic nitrogens is 1. The molecule has 0 saturated carbocycles. The van der Waals surface area contributed by atoms with Crippen molar-refractivity contribution in [2.24, 2.45) is 0 Å². The average molecular weight is 187 g/mol. The van der Waals surface area contributed by atoms with Crippen molar-refractivity contribution in [2.45, 2.75) is 0 Å². The number of rotatable bonds is 0. The molecule has 0 aliphatic rings. The van der Waals surface area contributed by atoms with Gasteiger partial charge in [0, 0.05) is 10.8 Å². The fourth-order valence-corrected chi connectivity index (χ4v) is 1.72.